The Morgan fingerprint density at radius 3 is 2.28 bits per heavy atom. The Hall–Kier alpha value is -1.96. The molecule has 3 aromatic rings. The van der Waals surface area contributed by atoms with Crippen LogP contribution < -0.4 is 0 Å². The predicted molar refractivity (Wildman–Crippen MR) is 125 cm³/mol. The van der Waals surface area contributed by atoms with Gasteiger partial charge in [-0.2, -0.15) is 0 Å². The van der Waals surface area contributed by atoms with Crippen molar-refractivity contribution < 1.29 is 19.4 Å². The Morgan fingerprint density at radius 1 is 1.06 bits per heavy atom. The van der Waals surface area contributed by atoms with Gasteiger partial charge in [0.1, 0.15) is 5.82 Å². The summed E-state index contributed by atoms with van der Waals surface area (Å²) in [6.45, 7) is 2.98. The molecule has 1 atom stereocenters. The lowest BCUT2D eigenvalue weighted by atomic mass is 9.89. The van der Waals surface area contributed by atoms with E-state index >= 15 is 4.39 Å². The zero-order valence-corrected chi connectivity index (χ0v) is 20.3. The summed E-state index contributed by atoms with van der Waals surface area (Å²) in [5.74, 6) is -1.35. The first-order chi connectivity index (χ1) is 14.9. The normalized spacial score (nSPS) is 18.2. The summed E-state index contributed by atoms with van der Waals surface area (Å²) in [7, 11) is 0. The first-order valence-electron chi connectivity index (χ1n) is 9.74. The number of carbonyl (C=O) groups is 1. The topological polar surface area (TPSA) is 60.8 Å². The number of hydrogen-bond acceptors (Lipinski definition) is 3. The molecule has 1 aliphatic rings. The zero-order chi connectivity index (χ0) is 23.4. The van der Waals surface area contributed by atoms with E-state index in [1.165, 1.54) is 24.8 Å². The first kappa shape index (κ1) is 23.2. The van der Waals surface area contributed by atoms with E-state index in [0.717, 1.165) is 6.07 Å². The van der Waals surface area contributed by atoms with E-state index in [-0.39, 0.29) is 28.8 Å². The Labute approximate surface area is 203 Å². The molecule has 2 N–H and O–H groups in total. The number of rotatable bonds is 4. The van der Waals surface area contributed by atoms with Gasteiger partial charge >= 0.3 is 0 Å². The fraction of sp³-hybridized carbons (Fsp3) is 0.208. The molecule has 0 fully saturated rings. The van der Waals surface area contributed by atoms with E-state index in [1.807, 2.05) is 0 Å². The Balaban J connectivity index is 1.94. The van der Waals surface area contributed by atoms with Gasteiger partial charge < -0.3 is 10.2 Å². The molecule has 166 valence electrons. The Morgan fingerprint density at radius 2 is 1.69 bits per heavy atom. The number of carbonyl (C=O) groups excluding carboxylic acids is 1. The van der Waals surface area contributed by atoms with Crippen molar-refractivity contribution in [2.24, 2.45) is 0 Å². The van der Waals surface area contributed by atoms with E-state index < -0.39 is 23.1 Å². The minimum atomic E-state index is -2.09. The molecule has 0 aromatic heterocycles. The van der Waals surface area contributed by atoms with Gasteiger partial charge in [-0.1, -0.05) is 57.3 Å². The molecule has 0 radical (unpaired) electrons. The lowest BCUT2D eigenvalue weighted by Gasteiger charge is -2.35. The minimum Gasteiger partial charge on any atom is -0.386 e. The molecule has 0 saturated heterocycles. The number of benzene rings is 3. The quantitative estimate of drug-likeness (QED) is 0.430. The standard InChI is InChI=1S/C24H19BrCl2FNO3/c1-23(2,31)15-9-18-21(20(28)10-15)24(32,14-4-7-16(26)8-5-14)29(22(18)30)12-13-3-6-17(27)11-19(13)25/h3-11,31-32H,12H2,1-2H3. The maximum absolute atomic E-state index is 15.5. The summed E-state index contributed by atoms with van der Waals surface area (Å²) >= 11 is 15.5. The van der Waals surface area contributed by atoms with Crippen molar-refractivity contribution >= 4 is 45.0 Å². The van der Waals surface area contributed by atoms with Crippen molar-refractivity contribution in [3.05, 3.63) is 103 Å². The number of aliphatic hydroxyl groups is 2. The molecule has 4 rings (SSSR count). The molecule has 1 aliphatic heterocycles. The summed E-state index contributed by atoms with van der Waals surface area (Å²) in [4.78, 5) is 14.7. The monoisotopic (exact) mass is 537 g/mol. The first-order valence-corrected chi connectivity index (χ1v) is 11.3. The average molecular weight is 539 g/mol. The van der Waals surface area contributed by atoms with Crippen LogP contribution in [0.4, 0.5) is 4.39 Å². The Kier molecular flexibility index (Phi) is 5.89. The molecule has 0 spiro atoms. The molecular formula is C24H19BrCl2FNO3. The number of fused-ring (bicyclic) bond motifs is 1. The highest BCUT2D eigenvalue weighted by Crippen LogP contribution is 2.46. The number of amides is 1. The van der Waals surface area contributed by atoms with Crippen LogP contribution in [0, 0.1) is 5.82 Å². The molecule has 0 aliphatic carbocycles. The molecule has 1 heterocycles. The molecular weight excluding hydrogens is 520 g/mol. The molecule has 1 amide bonds. The second-order valence-electron chi connectivity index (χ2n) is 8.25. The van der Waals surface area contributed by atoms with Crippen LogP contribution in [0.15, 0.2) is 59.1 Å². The van der Waals surface area contributed by atoms with Crippen LogP contribution >= 0.6 is 39.1 Å². The van der Waals surface area contributed by atoms with Crippen molar-refractivity contribution in [3.8, 4) is 0 Å². The largest absolute Gasteiger partial charge is 0.386 e. The number of halogens is 4. The second kappa shape index (κ2) is 8.12. The fourth-order valence-electron chi connectivity index (χ4n) is 3.90. The minimum absolute atomic E-state index is 0.00957. The summed E-state index contributed by atoms with van der Waals surface area (Å²) in [6, 6.07) is 13.9. The maximum Gasteiger partial charge on any atom is 0.257 e. The number of nitrogens with zero attached hydrogens (tertiary/aromatic N) is 1. The van der Waals surface area contributed by atoms with Crippen LogP contribution in [0.1, 0.15) is 46.5 Å². The predicted octanol–water partition coefficient (Wildman–Crippen LogP) is 5.97. The Bertz CT molecular complexity index is 1230. The van der Waals surface area contributed by atoms with Crippen LogP contribution in [0.3, 0.4) is 0 Å². The maximum atomic E-state index is 15.5. The molecule has 1 unspecified atom stereocenters. The van der Waals surface area contributed by atoms with E-state index in [2.05, 4.69) is 15.9 Å². The van der Waals surface area contributed by atoms with Crippen LogP contribution in [0.25, 0.3) is 0 Å². The summed E-state index contributed by atoms with van der Waals surface area (Å²) < 4.78 is 16.1. The van der Waals surface area contributed by atoms with Crippen molar-refractivity contribution in [1.29, 1.82) is 0 Å². The van der Waals surface area contributed by atoms with Crippen LogP contribution in [0.2, 0.25) is 10.0 Å². The van der Waals surface area contributed by atoms with Gasteiger partial charge in [-0.15, -0.1) is 0 Å². The molecule has 0 bridgehead atoms. The molecule has 0 saturated carbocycles. The molecule has 4 nitrogen and oxygen atoms in total. The van der Waals surface area contributed by atoms with Crippen LogP contribution in [-0.2, 0) is 17.9 Å². The highest BCUT2D eigenvalue weighted by molar-refractivity contribution is 9.10. The molecule has 32 heavy (non-hydrogen) atoms. The molecule has 3 aromatic carbocycles. The van der Waals surface area contributed by atoms with Gasteiger partial charge in [0, 0.05) is 20.1 Å². The van der Waals surface area contributed by atoms with Crippen LogP contribution in [-0.4, -0.2) is 21.0 Å². The third-order valence-electron chi connectivity index (χ3n) is 5.60. The van der Waals surface area contributed by atoms with Gasteiger partial charge in [0.25, 0.3) is 5.91 Å². The summed E-state index contributed by atoms with van der Waals surface area (Å²) in [5.41, 5.74) is -2.44. The van der Waals surface area contributed by atoms with Crippen molar-refractivity contribution in [2.45, 2.75) is 31.7 Å². The zero-order valence-electron chi connectivity index (χ0n) is 17.2. The average Bonchev–Trinajstić information content (AvgIpc) is 2.92. The smallest absolute Gasteiger partial charge is 0.257 e. The SMILES string of the molecule is CC(C)(O)c1cc(F)c2c(c1)C(=O)N(Cc1ccc(Cl)cc1Br)C2(O)c1ccc(Cl)cc1. The van der Waals surface area contributed by atoms with E-state index in [9.17, 15) is 15.0 Å². The summed E-state index contributed by atoms with van der Waals surface area (Å²) in [6.07, 6.45) is 0. The van der Waals surface area contributed by atoms with Gasteiger partial charge in [-0.25, -0.2) is 4.39 Å². The molecule has 8 heteroatoms. The van der Waals surface area contributed by atoms with Crippen LogP contribution in [0.5, 0.6) is 0 Å². The summed E-state index contributed by atoms with van der Waals surface area (Å²) in [5, 5.41) is 23.3. The second-order valence-corrected chi connectivity index (χ2v) is 9.97. The fourth-order valence-corrected chi connectivity index (χ4v) is 4.83. The third kappa shape index (κ3) is 3.84. The van der Waals surface area contributed by atoms with Crippen molar-refractivity contribution in [2.75, 3.05) is 0 Å². The van der Waals surface area contributed by atoms with E-state index in [1.54, 1.807) is 42.5 Å². The highest BCUT2D eigenvalue weighted by Gasteiger charge is 2.52. The van der Waals surface area contributed by atoms with Gasteiger partial charge in [-0.05, 0) is 61.4 Å². The van der Waals surface area contributed by atoms with Gasteiger partial charge in [0.2, 0.25) is 0 Å². The highest BCUT2D eigenvalue weighted by atomic mass is 79.9. The van der Waals surface area contributed by atoms with Gasteiger partial charge in [0.05, 0.1) is 23.3 Å². The third-order valence-corrected chi connectivity index (χ3v) is 6.83. The van der Waals surface area contributed by atoms with E-state index in [0.29, 0.717) is 20.1 Å². The van der Waals surface area contributed by atoms with Crippen molar-refractivity contribution in [1.82, 2.24) is 4.90 Å². The van der Waals surface area contributed by atoms with Crippen molar-refractivity contribution in [3.63, 3.8) is 0 Å². The lowest BCUT2D eigenvalue weighted by molar-refractivity contribution is -0.0563. The lowest BCUT2D eigenvalue weighted by Crippen LogP contribution is -2.44. The van der Waals surface area contributed by atoms with Gasteiger partial charge in [-0.3, -0.25) is 9.69 Å². The number of hydrogen-bond donors (Lipinski definition) is 2. The van der Waals surface area contributed by atoms with Gasteiger partial charge in [0.15, 0.2) is 5.72 Å². The van der Waals surface area contributed by atoms with E-state index in [4.69, 9.17) is 23.2 Å².